The van der Waals surface area contributed by atoms with Gasteiger partial charge in [0, 0.05) is 25.2 Å². The Bertz CT molecular complexity index is 188. The van der Waals surface area contributed by atoms with Gasteiger partial charge in [0.25, 0.3) is 0 Å². The zero-order valence-corrected chi connectivity index (χ0v) is 11.6. The van der Waals surface area contributed by atoms with Crippen LogP contribution in [0.4, 0.5) is 0 Å². The average Bonchev–Trinajstić information content (AvgIpc) is 2.41. The molecule has 1 aliphatic heterocycles. The van der Waals surface area contributed by atoms with E-state index in [0.29, 0.717) is 12.1 Å². The van der Waals surface area contributed by atoms with Gasteiger partial charge >= 0.3 is 0 Å². The van der Waals surface area contributed by atoms with Crippen LogP contribution >= 0.6 is 0 Å². The Morgan fingerprint density at radius 2 is 1.00 bits per heavy atom. The maximum absolute atomic E-state index is 3.76. The minimum absolute atomic E-state index is 0.703. The number of hydrogen-bond acceptors (Lipinski definition) is 4. The molecule has 4 N–H and O–H groups in total. The molecule has 4 nitrogen and oxygen atoms in total. The van der Waals surface area contributed by atoms with E-state index in [0.717, 1.165) is 39.3 Å². The van der Waals surface area contributed by atoms with Crippen LogP contribution < -0.4 is 21.3 Å². The Morgan fingerprint density at radius 1 is 0.500 bits per heavy atom. The van der Waals surface area contributed by atoms with Crippen LogP contribution in [0.2, 0.25) is 0 Å². The third-order valence-electron chi connectivity index (χ3n) is 4.12. The van der Waals surface area contributed by atoms with Gasteiger partial charge < -0.3 is 21.3 Å². The Morgan fingerprint density at radius 3 is 1.50 bits per heavy atom. The van der Waals surface area contributed by atoms with E-state index in [2.05, 4.69) is 21.3 Å². The fraction of sp³-hybridized carbons (Fsp3) is 1.00. The largest absolute Gasteiger partial charge is 0.315 e. The van der Waals surface area contributed by atoms with E-state index in [1.54, 1.807) is 0 Å². The highest BCUT2D eigenvalue weighted by molar-refractivity contribution is 4.86. The van der Waals surface area contributed by atoms with Gasteiger partial charge in [-0.1, -0.05) is 12.8 Å². The fourth-order valence-corrected chi connectivity index (χ4v) is 3.05. The van der Waals surface area contributed by atoms with Crippen molar-refractivity contribution in [2.75, 3.05) is 39.3 Å². The average molecular weight is 254 g/mol. The van der Waals surface area contributed by atoms with Gasteiger partial charge in [-0.05, 0) is 51.9 Å². The summed E-state index contributed by atoms with van der Waals surface area (Å²) in [6.07, 6.45) is 7.98. The van der Waals surface area contributed by atoms with Crippen LogP contribution in [0.1, 0.15) is 38.5 Å². The zero-order chi connectivity index (χ0) is 12.5. The lowest BCUT2D eigenvalue weighted by Crippen LogP contribution is -2.50. The summed E-state index contributed by atoms with van der Waals surface area (Å²) in [4.78, 5) is 0. The fourth-order valence-electron chi connectivity index (χ4n) is 3.05. The second kappa shape index (κ2) is 8.86. The lowest BCUT2D eigenvalue weighted by Gasteiger charge is -2.33. The van der Waals surface area contributed by atoms with E-state index in [-0.39, 0.29) is 0 Å². The number of hydrogen-bond donors (Lipinski definition) is 4. The molecular weight excluding hydrogens is 224 g/mol. The molecule has 2 aliphatic rings. The predicted molar refractivity (Wildman–Crippen MR) is 77.0 cm³/mol. The molecule has 0 aromatic carbocycles. The van der Waals surface area contributed by atoms with Crippen LogP contribution in [0.5, 0.6) is 0 Å². The van der Waals surface area contributed by atoms with Gasteiger partial charge in [0.05, 0.1) is 0 Å². The molecule has 1 aliphatic carbocycles. The van der Waals surface area contributed by atoms with Gasteiger partial charge in [0.15, 0.2) is 0 Å². The van der Waals surface area contributed by atoms with Gasteiger partial charge in [-0.25, -0.2) is 0 Å². The SMILES string of the molecule is C1CNCCNCCCN[C@H]2CCCC[C@@H]2NC1. The summed E-state index contributed by atoms with van der Waals surface area (Å²) in [7, 11) is 0. The summed E-state index contributed by atoms with van der Waals surface area (Å²) in [5.41, 5.74) is 0. The molecule has 0 unspecified atom stereocenters. The van der Waals surface area contributed by atoms with Crippen molar-refractivity contribution in [3.63, 3.8) is 0 Å². The summed E-state index contributed by atoms with van der Waals surface area (Å²) in [5, 5.41) is 14.5. The molecule has 0 bridgehead atoms. The predicted octanol–water partition coefficient (Wildman–Crippen LogP) is 0.450. The summed E-state index contributed by atoms with van der Waals surface area (Å²) >= 11 is 0. The molecule has 0 radical (unpaired) electrons. The molecule has 18 heavy (non-hydrogen) atoms. The highest BCUT2D eigenvalue weighted by Crippen LogP contribution is 2.18. The monoisotopic (exact) mass is 254 g/mol. The van der Waals surface area contributed by atoms with E-state index >= 15 is 0 Å². The standard InChI is InChI=1S/C14H30N4/c1-2-6-14-13(5-1)17-9-3-7-15-11-12-16-8-4-10-18-14/h13-18H,1-12H2/t13-,14-/m0/s1. The lowest BCUT2D eigenvalue weighted by molar-refractivity contribution is 0.282. The maximum Gasteiger partial charge on any atom is 0.0221 e. The number of fused-ring (bicyclic) bond motifs is 1. The molecule has 0 spiro atoms. The van der Waals surface area contributed by atoms with Crippen molar-refractivity contribution in [1.82, 2.24) is 21.3 Å². The molecule has 4 heteroatoms. The molecule has 2 fully saturated rings. The molecule has 1 saturated carbocycles. The van der Waals surface area contributed by atoms with Gasteiger partial charge in [-0.3, -0.25) is 0 Å². The van der Waals surface area contributed by atoms with Crippen molar-refractivity contribution in [1.29, 1.82) is 0 Å². The van der Waals surface area contributed by atoms with Gasteiger partial charge in [-0.2, -0.15) is 0 Å². The van der Waals surface area contributed by atoms with Crippen LogP contribution in [0.25, 0.3) is 0 Å². The van der Waals surface area contributed by atoms with Gasteiger partial charge in [0.2, 0.25) is 0 Å². The Balaban J connectivity index is 1.75. The quantitative estimate of drug-likeness (QED) is 0.507. The minimum Gasteiger partial charge on any atom is -0.315 e. The Kier molecular flexibility index (Phi) is 7.01. The Hall–Kier alpha value is -0.160. The van der Waals surface area contributed by atoms with Crippen molar-refractivity contribution in [2.24, 2.45) is 0 Å². The van der Waals surface area contributed by atoms with E-state index in [1.807, 2.05) is 0 Å². The lowest BCUT2D eigenvalue weighted by atomic mass is 9.90. The van der Waals surface area contributed by atoms with Crippen LogP contribution in [0.15, 0.2) is 0 Å². The van der Waals surface area contributed by atoms with E-state index in [4.69, 9.17) is 0 Å². The van der Waals surface area contributed by atoms with Crippen LogP contribution in [-0.4, -0.2) is 51.4 Å². The zero-order valence-electron chi connectivity index (χ0n) is 11.6. The maximum atomic E-state index is 3.76. The highest BCUT2D eigenvalue weighted by atomic mass is 15.0. The topological polar surface area (TPSA) is 48.1 Å². The summed E-state index contributed by atoms with van der Waals surface area (Å²) in [6.45, 7) is 6.78. The van der Waals surface area contributed by atoms with E-state index in [9.17, 15) is 0 Å². The summed E-state index contributed by atoms with van der Waals surface area (Å²) in [6, 6.07) is 1.41. The Labute approximate surface area is 112 Å². The van der Waals surface area contributed by atoms with Crippen molar-refractivity contribution in [3.05, 3.63) is 0 Å². The highest BCUT2D eigenvalue weighted by Gasteiger charge is 2.23. The van der Waals surface area contributed by atoms with Crippen LogP contribution in [-0.2, 0) is 0 Å². The number of rotatable bonds is 0. The molecule has 0 aromatic rings. The normalized spacial score (nSPS) is 33.3. The molecule has 0 aromatic heterocycles. The van der Waals surface area contributed by atoms with Gasteiger partial charge in [-0.15, -0.1) is 0 Å². The molecule has 1 saturated heterocycles. The third-order valence-corrected chi connectivity index (χ3v) is 4.12. The van der Waals surface area contributed by atoms with Crippen molar-refractivity contribution in [2.45, 2.75) is 50.6 Å². The number of nitrogens with one attached hydrogen (secondary N) is 4. The van der Waals surface area contributed by atoms with Crippen molar-refractivity contribution in [3.8, 4) is 0 Å². The molecule has 2 rings (SSSR count). The molecule has 1 heterocycles. The van der Waals surface area contributed by atoms with Crippen LogP contribution in [0.3, 0.4) is 0 Å². The molecule has 106 valence electrons. The van der Waals surface area contributed by atoms with Crippen molar-refractivity contribution >= 4 is 0 Å². The van der Waals surface area contributed by atoms with E-state index < -0.39 is 0 Å². The van der Waals surface area contributed by atoms with Crippen LogP contribution in [0, 0.1) is 0 Å². The minimum atomic E-state index is 0.703. The second-order valence-electron chi connectivity index (χ2n) is 5.61. The second-order valence-corrected chi connectivity index (χ2v) is 5.61. The first kappa shape index (κ1) is 14.3. The van der Waals surface area contributed by atoms with Gasteiger partial charge in [0.1, 0.15) is 0 Å². The molecular formula is C14H30N4. The first-order chi connectivity index (χ1) is 8.97. The third kappa shape index (κ3) is 5.22. The smallest absolute Gasteiger partial charge is 0.0221 e. The molecule has 0 amide bonds. The first-order valence-corrected chi connectivity index (χ1v) is 7.85. The van der Waals surface area contributed by atoms with E-state index in [1.165, 1.54) is 38.5 Å². The summed E-state index contributed by atoms with van der Waals surface area (Å²) < 4.78 is 0. The first-order valence-electron chi connectivity index (χ1n) is 7.85. The summed E-state index contributed by atoms with van der Waals surface area (Å²) in [5.74, 6) is 0. The molecule has 2 atom stereocenters. The van der Waals surface area contributed by atoms with Crippen molar-refractivity contribution < 1.29 is 0 Å².